The molecule has 0 saturated carbocycles. The molecular formula is C13H13NO4S. The van der Waals surface area contributed by atoms with Crippen LogP contribution >= 0.6 is 11.8 Å². The van der Waals surface area contributed by atoms with Gasteiger partial charge in [0.2, 0.25) is 11.8 Å². The van der Waals surface area contributed by atoms with Crippen molar-refractivity contribution in [3.63, 3.8) is 0 Å². The number of carbonyl (C=O) groups is 3. The number of amides is 2. The smallest absolute Gasteiger partial charge is 0.335 e. The fourth-order valence-electron chi connectivity index (χ4n) is 1.96. The molecule has 1 unspecified atom stereocenters. The lowest BCUT2D eigenvalue weighted by molar-refractivity contribution is -0.121. The van der Waals surface area contributed by atoms with Crippen LogP contribution in [0.2, 0.25) is 0 Å². The van der Waals surface area contributed by atoms with Gasteiger partial charge in [-0.2, -0.15) is 0 Å². The molecule has 19 heavy (non-hydrogen) atoms. The van der Waals surface area contributed by atoms with Gasteiger partial charge in [0, 0.05) is 6.42 Å². The van der Waals surface area contributed by atoms with Gasteiger partial charge in [-0.25, -0.2) is 9.69 Å². The predicted molar refractivity (Wildman–Crippen MR) is 72.4 cm³/mol. The third kappa shape index (κ3) is 2.63. The Balaban J connectivity index is 2.24. The lowest BCUT2D eigenvalue weighted by Crippen LogP contribution is -2.31. The number of imide groups is 1. The molecule has 1 heterocycles. The molecule has 1 aliphatic rings. The van der Waals surface area contributed by atoms with E-state index in [0.29, 0.717) is 5.69 Å². The summed E-state index contributed by atoms with van der Waals surface area (Å²) in [5.74, 6) is -0.723. The van der Waals surface area contributed by atoms with E-state index >= 15 is 0 Å². The maximum absolute atomic E-state index is 12.1. The number of carboxylic acids is 1. The van der Waals surface area contributed by atoms with Gasteiger partial charge in [-0.15, -0.1) is 11.8 Å². The number of carbonyl (C=O) groups excluding carboxylic acids is 2. The SMILES string of the molecule is CCSC1CC(=O)N(c2ccc(C(=O)O)cc2)C1=O. The van der Waals surface area contributed by atoms with Gasteiger partial charge in [-0.05, 0) is 30.0 Å². The summed E-state index contributed by atoms with van der Waals surface area (Å²) < 4.78 is 0. The molecule has 1 aromatic rings. The molecule has 1 saturated heterocycles. The monoisotopic (exact) mass is 279 g/mol. The third-order valence-corrected chi connectivity index (χ3v) is 3.95. The van der Waals surface area contributed by atoms with E-state index in [4.69, 9.17) is 5.11 Å². The van der Waals surface area contributed by atoms with Gasteiger partial charge in [0.25, 0.3) is 0 Å². The minimum atomic E-state index is -1.04. The maximum atomic E-state index is 12.1. The highest BCUT2D eigenvalue weighted by molar-refractivity contribution is 8.00. The topological polar surface area (TPSA) is 74.7 Å². The molecule has 0 spiro atoms. The standard InChI is InChI=1S/C13H13NO4S/c1-2-19-10-7-11(15)14(12(10)16)9-5-3-8(4-6-9)13(17)18/h3-6,10H,2,7H2,1H3,(H,17,18). The molecule has 1 atom stereocenters. The number of nitrogens with zero attached hydrogens (tertiary/aromatic N) is 1. The Bertz CT molecular complexity index is 526. The van der Waals surface area contributed by atoms with Crippen LogP contribution in [-0.2, 0) is 9.59 Å². The largest absolute Gasteiger partial charge is 0.478 e. The van der Waals surface area contributed by atoms with E-state index in [0.717, 1.165) is 10.7 Å². The minimum Gasteiger partial charge on any atom is -0.478 e. The van der Waals surface area contributed by atoms with Gasteiger partial charge in [-0.3, -0.25) is 9.59 Å². The van der Waals surface area contributed by atoms with Crippen LogP contribution in [0, 0.1) is 0 Å². The number of hydrogen-bond acceptors (Lipinski definition) is 4. The Morgan fingerprint density at radius 2 is 2.00 bits per heavy atom. The zero-order valence-electron chi connectivity index (χ0n) is 10.3. The molecule has 1 aromatic carbocycles. The summed E-state index contributed by atoms with van der Waals surface area (Å²) in [5, 5.41) is 8.48. The Morgan fingerprint density at radius 3 is 2.53 bits per heavy atom. The first-order chi connectivity index (χ1) is 9.04. The molecule has 1 fully saturated rings. The van der Waals surface area contributed by atoms with E-state index in [1.54, 1.807) is 0 Å². The lowest BCUT2D eigenvalue weighted by Gasteiger charge is -2.14. The van der Waals surface area contributed by atoms with Crippen molar-refractivity contribution in [3.8, 4) is 0 Å². The van der Waals surface area contributed by atoms with Crippen LogP contribution in [0.15, 0.2) is 24.3 Å². The molecule has 6 heteroatoms. The molecule has 0 aliphatic carbocycles. The zero-order valence-corrected chi connectivity index (χ0v) is 11.1. The first-order valence-corrected chi connectivity index (χ1v) is 6.91. The van der Waals surface area contributed by atoms with Gasteiger partial charge in [0.15, 0.2) is 0 Å². The second-order valence-electron chi connectivity index (χ2n) is 4.07. The van der Waals surface area contributed by atoms with Crippen LogP contribution < -0.4 is 4.90 Å². The number of thioether (sulfide) groups is 1. The summed E-state index contributed by atoms with van der Waals surface area (Å²) in [6.45, 7) is 1.94. The van der Waals surface area contributed by atoms with Crippen molar-refractivity contribution < 1.29 is 19.5 Å². The van der Waals surface area contributed by atoms with Gasteiger partial charge < -0.3 is 5.11 Å². The Morgan fingerprint density at radius 1 is 1.37 bits per heavy atom. The zero-order chi connectivity index (χ0) is 14.0. The third-order valence-electron chi connectivity index (χ3n) is 2.85. The van der Waals surface area contributed by atoms with Crippen molar-refractivity contribution in [2.45, 2.75) is 18.6 Å². The number of carboxylic acid groups (broad SMARTS) is 1. The molecule has 0 aromatic heterocycles. The van der Waals surface area contributed by atoms with Crippen molar-refractivity contribution in [2.24, 2.45) is 0 Å². The second-order valence-corrected chi connectivity index (χ2v) is 5.55. The number of aromatic carboxylic acids is 1. The summed E-state index contributed by atoms with van der Waals surface area (Å²) in [6.07, 6.45) is 0.206. The van der Waals surface area contributed by atoms with E-state index in [1.807, 2.05) is 6.92 Å². The molecular weight excluding hydrogens is 266 g/mol. The van der Waals surface area contributed by atoms with E-state index in [9.17, 15) is 14.4 Å². The lowest BCUT2D eigenvalue weighted by atomic mass is 10.2. The van der Waals surface area contributed by atoms with E-state index in [1.165, 1.54) is 36.0 Å². The molecule has 5 nitrogen and oxygen atoms in total. The molecule has 100 valence electrons. The minimum absolute atomic E-state index is 0.127. The Labute approximate surface area is 114 Å². The predicted octanol–water partition coefficient (Wildman–Crippen LogP) is 1.77. The van der Waals surface area contributed by atoms with Crippen LogP contribution in [0.4, 0.5) is 5.69 Å². The van der Waals surface area contributed by atoms with E-state index in [2.05, 4.69) is 0 Å². The van der Waals surface area contributed by atoms with Gasteiger partial charge >= 0.3 is 5.97 Å². The first kappa shape index (κ1) is 13.6. The van der Waals surface area contributed by atoms with Crippen LogP contribution in [0.5, 0.6) is 0 Å². The van der Waals surface area contributed by atoms with Crippen molar-refractivity contribution in [2.75, 3.05) is 10.7 Å². The van der Waals surface area contributed by atoms with Crippen molar-refractivity contribution >= 4 is 35.2 Å². The number of rotatable bonds is 4. The average Bonchev–Trinajstić information content (AvgIpc) is 2.65. The van der Waals surface area contributed by atoms with Crippen LogP contribution in [-0.4, -0.2) is 33.9 Å². The fraction of sp³-hybridized carbons (Fsp3) is 0.308. The molecule has 1 aliphatic heterocycles. The molecule has 1 N–H and O–H groups in total. The van der Waals surface area contributed by atoms with Crippen LogP contribution in [0.1, 0.15) is 23.7 Å². The van der Waals surface area contributed by atoms with Gasteiger partial charge in [0.1, 0.15) is 0 Å². The fourth-order valence-corrected chi connectivity index (χ4v) is 2.87. The van der Waals surface area contributed by atoms with Crippen LogP contribution in [0.25, 0.3) is 0 Å². The summed E-state index contributed by atoms with van der Waals surface area (Å²) in [5.41, 5.74) is 0.557. The number of hydrogen-bond donors (Lipinski definition) is 1. The highest BCUT2D eigenvalue weighted by Crippen LogP contribution is 2.29. The summed E-state index contributed by atoms with van der Waals surface area (Å²) in [6, 6.07) is 5.74. The number of anilines is 1. The Kier molecular flexibility index (Phi) is 3.90. The number of benzene rings is 1. The van der Waals surface area contributed by atoms with E-state index in [-0.39, 0.29) is 29.0 Å². The van der Waals surface area contributed by atoms with Gasteiger partial charge in [0.05, 0.1) is 16.5 Å². The maximum Gasteiger partial charge on any atom is 0.335 e. The normalized spacial score (nSPS) is 19.0. The van der Waals surface area contributed by atoms with Gasteiger partial charge in [-0.1, -0.05) is 6.92 Å². The van der Waals surface area contributed by atoms with Crippen molar-refractivity contribution in [3.05, 3.63) is 29.8 Å². The first-order valence-electron chi connectivity index (χ1n) is 5.86. The van der Waals surface area contributed by atoms with E-state index < -0.39 is 5.97 Å². The van der Waals surface area contributed by atoms with Crippen molar-refractivity contribution in [1.29, 1.82) is 0 Å². The van der Waals surface area contributed by atoms with Crippen LogP contribution in [0.3, 0.4) is 0 Å². The molecule has 2 amide bonds. The molecule has 0 bridgehead atoms. The Hall–Kier alpha value is -1.82. The van der Waals surface area contributed by atoms with Crippen molar-refractivity contribution in [1.82, 2.24) is 0 Å². The molecule has 0 radical (unpaired) electrons. The summed E-state index contributed by atoms with van der Waals surface area (Å²) >= 11 is 1.45. The molecule has 2 rings (SSSR count). The average molecular weight is 279 g/mol. The second kappa shape index (κ2) is 5.44. The summed E-state index contributed by atoms with van der Waals surface area (Å²) in [7, 11) is 0. The highest BCUT2D eigenvalue weighted by Gasteiger charge is 2.39. The summed E-state index contributed by atoms with van der Waals surface area (Å²) in [4.78, 5) is 35.8. The highest BCUT2D eigenvalue weighted by atomic mass is 32.2. The quantitative estimate of drug-likeness (QED) is 0.850.